The van der Waals surface area contributed by atoms with Gasteiger partial charge in [0.15, 0.2) is 0 Å². The molecule has 4 aromatic carbocycles. The monoisotopic (exact) mass is 701 g/mol. The Bertz CT molecular complexity index is 2280. The Hall–Kier alpha value is -3.65. The molecule has 1 unspecified atom stereocenters. The van der Waals surface area contributed by atoms with Crippen LogP contribution in [0.4, 0.5) is 0 Å². The lowest BCUT2D eigenvalue weighted by Gasteiger charge is -2.46. The van der Waals surface area contributed by atoms with E-state index in [4.69, 9.17) is 0 Å². The van der Waals surface area contributed by atoms with Crippen molar-refractivity contribution in [2.45, 2.75) is 149 Å². The molecule has 2 heteroatoms. The number of hydrogen-bond acceptors (Lipinski definition) is 1. The number of nitrogens with zero attached hydrogens (tertiary/aromatic N) is 2. The van der Waals surface area contributed by atoms with E-state index in [2.05, 4.69) is 113 Å². The van der Waals surface area contributed by atoms with E-state index in [0.29, 0.717) is 18.0 Å². The Kier molecular flexibility index (Phi) is 7.62. The number of allylic oxidation sites excluding steroid dienone is 2. The van der Waals surface area contributed by atoms with E-state index >= 15 is 0 Å². The first-order valence-electron chi connectivity index (χ1n) is 21.5. The smallest absolute Gasteiger partial charge is 0.249 e. The molecule has 2 saturated carbocycles. The van der Waals surface area contributed by atoms with Gasteiger partial charge < -0.3 is 0 Å². The van der Waals surface area contributed by atoms with Gasteiger partial charge in [-0.15, -0.1) is 0 Å². The van der Waals surface area contributed by atoms with Crippen LogP contribution in [0.1, 0.15) is 148 Å². The predicted molar refractivity (Wildman–Crippen MR) is 225 cm³/mol. The van der Waals surface area contributed by atoms with E-state index in [0.717, 1.165) is 19.5 Å². The molecule has 1 spiro atoms. The van der Waals surface area contributed by atoms with Gasteiger partial charge in [-0.2, -0.15) is 0 Å². The van der Waals surface area contributed by atoms with Gasteiger partial charge in [0.1, 0.15) is 13.1 Å². The summed E-state index contributed by atoms with van der Waals surface area (Å²) in [6.07, 6.45) is 14.7. The Morgan fingerprint density at radius 1 is 0.717 bits per heavy atom. The zero-order valence-corrected chi connectivity index (χ0v) is 33.9. The van der Waals surface area contributed by atoms with Crippen LogP contribution in [0.5, 0.6) is 0 Å². The molecule has 53 heavy (non-hydrogen) atoms. The summed E-state index contributed by atoms with van der Waals surface area (Å²) in [5, 5.41) is 3.02. The summed E-state index contributed by atoms with van der Waals surface area (Å²) in [5.74, 6) is 2.19. The largest absolute Gasteiger partial charge is 0.261 e. The lowest BCUT2D eigenvalue weighted by atomic mass is 9.71. The van der Waals surface area contributed by atoms with E-state index < -0.39 is 0 Å². The molecule has 2 fully saturated rings. The highest BCUT2D eigenvalue weighted by atomic mass is 15.3. The van der Waals surface area contributed by atoms with E-state index in [-0.39, 0.29) is 10.8 Å². The van der Waals surface area contributed by atoms with Crippen LogP contribution >= 0.6 is 0 Å². The standard InChI is InChI=1S/C51H61N2/c1-30(2)49-52(36-15-11-9-12-16-36)28-51(29-53(49)37-17-13-10-14-18-37)43-22-21-42-45(41-27-35-20-19-31(3)24-38(35)47(41)50(42,7)8)46(43)40-26-34(6)44-33(5)23-32(4)25-39(44)48(40)51/h19-26,30,36-37H,9-18,27-29H2,1-8H3/q+1. The summed E-state index contributed by atoms with van der Waals surface area (Å²) in [6.45, 7) is 21.6. The fourth-order valence-corrected chi connectivity index (χ4v) is 13.1. The van der Waals surface area contributed by atoms with Gasteiger partial charge in [-0.3, -0.25) is 9.48 Å². The van der Waals surface area contributed by atoms with Gasteiger partial charge in [0, 0.05) is 5.41 Å². The second-order valence-corrected chi connectivity index (χ2v) is 19.3. The maximum Gasteiger partial charge on any atom is 0.249 e. The SMILES string of the molecule is Cc1ccc2c(c1)C1=C(C2)c2c(ccc3c2-c2cc(C)c4c(C)cc(C)cc4c2C32CN(C3CCCCC3)C(C(C)C)=[N+](C3CCCCC3)C2)C1(C)C. The molecular weight excluding hydrogens is 641 g/mol. The van der Waals surface area contributed by atoms with Crippen LogP contribution < -0.4 is 0 Å². The quantitative estimate of drug-likeness (QED) is 0.193. The summed E-state index contributed by atoms with van der Waals surface area (Å²) >= 11 is 0. The van der Waals surface area contributed by atoms with Crippen LogP contribution in [0.2, 0.25) is 0 Å². The van der Waals surface area contributed by atoms with Crippen molar-refractivity contribution in [3.05, 3.63) is 104 Å². The second-order valence-electron chi connectivity index (χ2n) is 19.3. The first-order chi connectivity index (χ1) is 25.5. The minimum Gasteiger partial charge on any atom is -0.261 e. The average molecular weight is 702 g/mol. The van der Waals surface area contributed by atoms with E-state index in [9.17, 15) is 0 Å². The summed E-state index contributed by atoms with van der Waals surface area (Å²) in [5.41, 5.74) is 21.3. The molecule has 0 aromatic heterocycles. The molecule has 10 rings (SSSR count). The van der Waals surface area contributed by atoms with Crippen LogP contribution in [-0.4, -0.2) is 40.5 Å². The fourth-order valence-electron chi connectivity index (χ4n) is 13.1. The molecule has 5 aliphatic carbocycles. The molecule has 2 nitrogen and oxygen atoms in total. The van der Waals surface area contributed by atoms with Gasteiger partial charge in [-0.1, -0.05) is 100 Å². The lowest BCUT2D eigenvalue weighted by molar-refractivity contribution is -0.588. The third-order valence-electron chi connectivity index (χ3n) is 15.1. The van der Waals surface area contributed by atoms with E-state index in [1.54, 1.807) is 50.4 Å². The molecule has 0 amide bonds. The Morgan fingerprint density at radius 2 is 1.42 bits per heavy atom. The topological polar surface area (TPSA) is 6.25 Å². The van der Waals surface area contributed by atoms with Crippen LogP contribution in [0.3, 0.4) is 0 Å². The van der Waals surface area contributed by atoms with Crippen LogP contribution in [0.15, 0.2) is 48.5 Å². The number of fused-ring (bicyclic) bond motifs is 12. The van der Waals surface area contributed by atoms with Crippen molar-refractivity contribution in [3.63, 3.8) is 0 Å². The number of amidine groups is 1. The highest BCUT2D eigenvalue weighted by Crippen LogP contribution is 2.63. The van der Waals surface area contributed by atoms with Crippen molar-refractivity contribution in [1.29, 1.82) is 0 Å². The third-order valence-corrected chi connectivity index (χ3v) is 15.1. The summed E-state index contributed by atoms with van der Waals surface area (Å²) < 4.78 is 3.05. The average Bonchev–Trinajstić information content (AvgIpc) is 3.72. The minimum absolute atomic E-state index is 0.0266. The van der Waals surface area contributed by atoms with E-state index in [1.807, 2.05) is 0 Å². The molecule has 1 atom stereocenters. The fraction of sp³-hybridized carbons (Fsp3) is 0.510. The van der Waals surface area contributed by atoms with Crippen LogP contribution in [-0.2, 0) is 17.3 Å². The van der Waals surface area contributed by atoms with Crippen molar-refractivity contribution in [2.24, 2.45) is 5.92 Å². The molecule has 0 N–H and O–H groups in total. The second kappa shape index (κ2) is 11.9. The molecule has 1 aliphatic heterocycles. The molecule has 4 aromatic rings. The number of benzene rings is 4. The van der Waals surface area contributed by atoms with Crippen molar-refractivity contribution < 1.29 is 4.58 Å². The summed E-state index contributed by atoms with van der Waals surface area (Å²) in [4.78, 5) is 3.05. The Morgan fingerprint density at radius 3 is 2.15 bits per heavy atom. The Balaban J connectivity index is 1.31. The van der Waals surface area contributed by atoms with Crippen LogP contribution in [0.25, 0.3) is 33.0 Å². The van der Waals surface area contributed by atoms with Gasteiger partial charge in [0.2, 0.25) is 5.84 Å². The maximum absolute atomic E-state index is 3.05. The van der Waals surface area contributed by atoms with Crippen molar-refractivity contribution >= 4 is 27.8 Å². The van der Waals surface area contributed by atoms with Gasteiger partial charge in [0.05, 0.1) is 23.4 Å². The maximum atomic E-state index is 3.05. The number of aryl methyl sites for hydroxylation is 4. The lowest BCUT2D eigenvalue weighted by Crippen LogP contribution is -2.62. The highest BCUT2D eigenvalue weighted by Gasteiger charge is 2.57. The predicted octanol–water partition coefficient (Wildman–Crippen LogP) is 12.1. The summed E-state index contributed by atoms with van der Waals surface area (Å²) in [7, 11) is 0. The van der Waals surface area contributed by atoms with Gasteiger partial charge in [-0.25, -0.2) is 0 Å². The number of rotatable bonds is 3. The highest BCUT2D eigenvalue weighted by molar-refractivity contribution is 6.12. The zero-order valence-electron chi connectivity index (χ0n) is 33.9. The third kappa shape index (κ3) is 4.72. The molecule has 274 valence electrons. The molecule has 0 bridgehead atoms. The van der Waals surface area contributed by atoms with Gasteiger partial charge in [0.25, 0.3) is 0 Å². The van der Waals surface area contributed by atoms with Crippen molar-refractivity contribution in [1.82, 2.24) is 4.90 Å². The number of hydrogen-bond donors (Lipinski definition) is 0. The van der Waals surface area contributed by atoms with Gasteiger partial charge >= 0.3 is 0 Å². The molecule has 1 heterocycles. The van der Waals surface area contributed by atoms with Crippen molar-refractivity contribution in [2.75, 3.05) is 13.1 Å². The molecular formula is C51H61N2+. The first kappa shape index (κ1) is 33.9. The zero-order chi connectivity index (χ0) is 36.6. The van der Waals surface area contributed by atoms with Gasteiger partial charge in [-0.05, 0) is 163 Å². The van der Waals surface area contributed by atoms with Crippen molar-refractivity contribution in [3.8, 4) is 11.1 Å². The molecule has 6 aliphatic rings. The van der Waals surface area contributed by atoms with Crippen LogP contribution in [0, 0.1) is 33.6 Å². The summed E-state index contributed by atoms with van der Waals surface area (Å²) in [6, 6.07) is 21.5. The molecule has 0 radical (unpaired) electrons. The normalized spacial score (nSPS) is 23.7. The first-order valence-corrected chi connectivity index (χ1v) is 21.5. The Labute approximate surface area is 319 Å². The molecule has 0 saturated heterocycles. The minimum atomic E-state index is -0.103. The van der Waals surface area contributed by atoms with E-state index in [1.165, 1.54) is 108 Å².